The molecule has 0 spiro atoms. The Morgan fingerprint density at radius 2 is 2.31 bits per heavy atom. The van der Waals surface area contributed by atoms with Crippen LogP contribution in [0.1, 0.15) is 42.7 Å². The fourth-order valence-corrected chi connectivity index (χ4v) is 4.51. The third-order valence-corrected chi connectivity index (χ3v) is 5.89. The zero-order valence-corrected chi connectivity index (χ0v) is 12.0. The summed E-state index contributed by atoms with van der Waals surface area (Å²) >= 11 is 3.91. The standard InChI is InChI=1S/C13H21NS2/c1-9-7-8-16-13(9)10(2)14-11-5-4-6-12(11)15-3/h7-8,10-12,14H,4-6H2,1-3H3. The molecule has 3 atom stereocenters. The second kappa shape index (κ2) is 5.56. The van der Waals surface area contributed by atoms with Crippen molar-refractivity contribution >= 4 is 23.1 Å². The van der Waals surface area contributed by atoms with Gasteiger partial charge < -0.3 is 5.32 Å². The van der Waals surface area contributed by atoms with Gasteiger partial charge in [-0.2, -0.15) is 11.8 Å². The van der Waals surface area contributed by atoms with Gasteiger partial charge in [0.25, 0.3) is 0 Å². The molecule has 1 aliphatic carbocycles. The fraction of sp³-hybridized carbons (Fsp3) is 0.692. The maximum absolute atomic E-state index is 3.81. The Morgan fingerprint density at radius 1 is 1.50 bits per heavy atom. The molecule has 1 saturated carbocycles. The lowest BCUT2D eigenvalue weighted by Crippen LogP contribution is -2.35. The molecule has 1 aromatic rings. The lowest BCUT2D eigenvalue weighted by Gasteiger charge is -2.23. The number of aryl methyl sites for hydroxylation is 1. The molecule has 1 aliphatic rings. The molecule has 16 heavy (non-hydrogen) atoms. The summed E-state index contributed by atoms with van der Waals surface area (Å²) in [6.07, 6.45) is 6.36. The van der Waals surface area contributed by atoms with Gasteiger partial charge in [0.05, 0.1) is 0 Å². The van der Waals surface area contributed by atoms with Gasteiger partial charge in [0.2, 0.25) is 0 Å². The van der Waals surface area contributed by atoms with Crippen LogP contribution in [0.5, 0.6) is 0 Å². The maximum atomic E-state index is 3.81. The van der Waals surface area contributed by atoms with Crippen LogP contribution < -0.4 is 5.32 Å². The van der Waals surface area contributed by atoms with E-state index in [0.717, 1.165) is 5.25 Å². The molecule has 0 bridgehead atoms. The van der Waals surface area contributed by atoms with Crippen LogP contribution in [0, 0.1) is 6.92 Å². The van der Waals surface area contributed by atoms with Crippen LogP contribution in [0.25, 0.3) is 0 Å². The van der Waals surface area contributed by atoms with E-state index in [0.29, 0.717) is 12.1 Å². The number of thiophene rings is 1. The van der Waals surface area contributed by atoms with E-state index in [-0.39, 0.29) is 0 Å². The zero-order valence-electron chi connectivity index (χ0n) is 10.3. The zero-order chi connectivity index (χ0) is 11.5. The largest absolute Gasteiger partial charge is 0.306 e. The van der Waals surface area contributed by atoms with Crippen LogP contribution in [0.2, 0.25) is 0 Å². The van der Waals surface area contributed by atoms with Crippen molar-refractivity contribution < 1.29 is 0 Å². The van der Waals surface area contributed by atoms with Gasteiger partial charge in [0.15, 0.2) is 0 Å². The molecule has 3 heteroatoms. The Balaban J connectivity index is 1.97. The third-order valence-electron chi connectivity index (χ3n) is 3.51. The minimum Gasteiger partial charge on any atom is -0.306 e. The number of rotatable bonds is 4. The highest BCUT2D eigenvalue weighted by Gasteiger charge is 2.27. The van der Waals surface area contributed by atoms with Crippen molar-refractivity contribution in [2.24, 2.45) is 0 Å². The van der Waals surface area contributed by atoms with Crippen molar-refractivity contribution in [3.05, 3.63) is 21.9 Å². The van der Waals surface area contributed by atoms with E-state index in [9.17, 15) is 0 Å². The highest BCUT2D eigenvalue weighted by Crippen LogP contribution is 2.31. The molecule has 3 unspecified atom stereocenters. The summed E-state index contributed by atoms with van der Waals surface area (Å²) in [6, 6.07) is 3.45. The second-order valence-corrected chi connectivity index (χ2v) is 6.69. The van der Waals surface area contributed by atoms with E-state index in [4.69, 9.17) is 0 Å². The highest BCUT2D eigenvalue weighted by molar-refractivity contribution is 7.99. The Labute approximate surface area is 107 Å². The number of hydrogen-bond donors (Lipinski definition) is 1. The molecule has 1 N–H and O–H groups in total. The molecule has 1 fully saturated rings. The number of thioether (sulfide) groups is 1. The molecule has 0 aromatic carbocycles. The minimum absolute atomic E-state index is 0.512. The maximum Gasteiger partial charge on any atom is 0.0391 e. The molecule has 0 amide bonds. The Morgan fingerprint density at radius 3 is 2.94 bits per heavy atom. The van der Waals surface area contributed by atoms with E-state index >= 15 is 0 Å². The summed E-state index contributed by atoms with van der Waals surface area (Å²) in [5.74, 6) is 0. The van der Waals surface area contributed by atoms with Crippen LogP contribution >= 0.6 is 23.1 Å². The molecular weight excluding hydrogens is 234 g/mol. The summed E-state index contributed by atoms with van der Waals surface area (Å²) in [4.78, 5) is 1.51. The summed E-state index contributed by atoms with van der Waals surface area (Å²) < 4.78 is 0. The summed E-state index contributed by atoms with van der Waals surface area (Å²) in [6.45, 7) is 4.51. The van der Waals surface area contributed by atoms with Gasteiger partial charge >= 0.3 is 0 Å². The topological polar surface area (TPSA) is 12.0 Å². The molecule has 0 radical (unpaired) electrons. The van der Waals surface area contributed by atoms with Crippen LogP contribution in [0.15, 0.2) is 11.4 Å². The van der Waals surface area contributed by atoms with E-state index in [1.54, 1.807) is 0 Å². The Kier molecular flexibility index (Phi) is 4.34. The normalized spacial score (nSPS) is 27.2. The number of nitrogens with one attached hydrogen (secondary N) is 1. The smallest absolute Gasteiger partial charge is 0.0391 e. The van der Waals surface area contributed by atoms with Crippen molar-refractivity contribution in [2.75, 3.05) is 6.26 Å². The van der Waals surface area contributed by atoms with Crippen LogP contribution in [-0.4, -0.2) is 17.5 Å². The summed E-state index contributed by atoms with van der Waals surface area (Å²) in [5, 5.41) is 6.83. The first-order chi connectivity index (χ1) is 7.72. The molecule has 90 valence electrons. The van der Waals surface area contributed by atoms with Gasteiger partial charge in [-0.05, 0) is 50.0 Å². The predicted octanol–water partition coefficient (Wildman–Crippen LogP) is 3.99. The van der Waals surface area contributed by atoms with E-state index in [1.165, 1.54) is 29.7 Å². The van der Waals surface area contributed by atoms with E-state index in [2.05, 4.69) is 36.9 Å². The molecule has 2 rings (SSSR count). The van der Waals surface area contributed by atoms with E-state index < -0.39 is 0 Å². The quantitative estimate of drug-likeness (QED) is 0.873. The lowest BCUT2D eigenvalue weighted by molar-refractivity contribution is 0.471. The van der Waals surface area contributed by atoms with Gasteiger partial charge in [-0.15, -0.1) is 11.3 Å². The first-order valence-corrected chi connectivity index (χ1v) is 8.22. The van der Waals surface area contributed by atoms with Crippen molar-refractivity contribution in [2.45, 2.75) is 50.4 Å². The number of hydrogen-bond acceptors (Lipinski definition) is 3. The SMILES string of the molecule is CSC1CCCC1NC(C)c1sccc1C. The van der Waals surface area contributed by atoms with Gasteiger partial charge in [0, 0.05) is 22.2 Å². The average Bonchev–Trinajstić information content (AvgIpc) is 2.86. The molecule has 1 aromatic heterocycles. The Bertz CT molecular complexity index is 334. The predicted molar refractivity (Wildman–Crippen MR) is 75.5 cm³/mol. The van der Waals surface area contributed by atoms with Crippen molar-refractivity contribution in [1.82, 2.24) is 5.32 Å². The van der Waals surface area contributed by atoms with Crippen molar-refractivity contribution in [3.8, 4) is 0 Å². The van der Waals surface area contributed by atoms with E-state index in [1.807, 2.05) is 23.1 Å². The first-order valence-electron chi connectivity index (χ1n) is 6.05. The molecule has 1 heterocycles. The minimum atomic E-state index is 0.512. The van der Waals surface area contributed by atoms with Gasteiger partial charge in [-0.1, -0.05) is 6.42 Å². The van der Waals surface area contributed by atoms with Crippen LogP contribution in [0.3, 0.4) is 0 Å². The summed E-state index contributed by atoms with van der Waals surface area (Å²) in [5.41, 5.74) is 1.43. The van der Waals surface area contributed by atoms with Crippen LogP contribution in [0.4, 0.5) is 0 Å². The van der Waals surface area contributed by atoms with Gasteiger partial charge in [-0.3, -0.25) is 0 Å². The second-order valence-electron chi connectivity index (χ2n) is 4.67. The van der Waals surface area contributed by atoms with Crippen molar-refractivity contribution in [3.63, 3.8) is 0 Å². The van der Waals surface area contributed by atoms with Gasteiger partial charge in [-0.25, -0.2) is 0 Å². The molecule has 0 saturated heterocycles. The Hall–Kier alpha value is 0.0100. The fourth-order valence-electron chi connectivity index (χ4n) is 2.62. The van der Waals surface area contributed by atoms with Crippen LogP contribution in [-0.2, 0) is 0 Å². The third kappa shape index (κ3) is 2.63. The summed E-state index contributed by atoms with van der Waals surface area (Å²) in [7, 11) is 0. The highest BCUT2D eigenvalue weighted by atomic mass is 32.2. The van der Waals surface area contributed by atoms with Gasteiger partial charge in [0.1, 0.15) is 0 Å². The molecule has 0 aliphatic heterocycles. The van der Waals surface area contributed by atoms with Crippen molar-refractivity contribution in [1.29, 1.82) is 0 Å². The molecule has 1 nitrogen and oxygen atoms in total. The monoisotopic (exact) mass is 255 g/mol. The first kappa shape index (κ1) is 12.5. The molecular formula is C13H21NS2. The average molecular weight is 255 g/mol. The lowest BCUT2D eigenvalue weighted by atomic mass is 10.1.